The van der Waals surface area contributed by atoms with Gasteiger partial charge in [0, 0.05) is 24.9 Å². The Labute approximate surface area is 182 Å². The van der Waals surface area contributed by atoms with Gasteiger partial charge in [-0.1, -0.05) is 23.7 Å². The van der Waals surface area contributed by atoms with Gasteiger partial charge in [0.05, 0.1) is 40.8 Å². The zero-order valence-corrected chi connectivity index (χ0v) is 17.3. The van der Waals surface area contributed by atoms with Crippen LogP contribution in [-0.2, 0) is 11.3 Å². The number of nitrogens with zero attached hydrogens (tertiary/aromatic N) is 3. The second kappa shape index (κ2) is 10.1. The molecule has 2 heterocycles. The summed E-state index contributed by atoms with van der Waals surface area (Å²) < 4.78 is 25.6. The average molecular weight is 445 g/mol. The molecule has 0 fully saturated rings. The topological polar surface area (TPSA) is 75.2 Å². The first kappa shape index (κ1) is 22.3. The maximum atomic E-state index is 12.8. The Morgan fingerprint density at radius 2 is 1.94 bits per heavy atom. The number of carbonyl (C=O) groups excluding carboxylic acids is 2. The van der Waals surface area contributed by atoms with Crippen LogP contribution in [0.15, 0.2) is 60.9 Å². The third kappa shape index (κ3) is 5.82. The third-order valence-electron chi connectivity index (χ3n) is 4.42. The van der Waals surface area contributed by atoms with E-state index in [1.165, 1.54) is 19.2 Å². The van der Waals surface area contributed by atoms with Crippen LogP contribution in [0.3, 0.4) is 0 Å². The maximum absolute atomic E-state index is 12.8. The van der Waals surface area contributed by atoms with E-state index in [9.17, 15) is 18.4 Å². The van der Waals surface area contributed by atoms with Crippen LogP contribution in [0.4, 0.5) is 14.5 Å². The van der Waals surface area contributed by atoms with Gasteiger partial charge in [-0.15, -0.1) is 0 Å². The molecule has 0 saturated carbocycles. The molecular formula is C22H19ClF2N4O2. The number of rotatable bonds is 7. The minimum absolute atomic E-state index is 0.146. The predicted molar refractivity (Wildman–Crippen MR) is 114 cm³/mol. The molecule has 1 aromatic carbocycles. The molecule has 160 valence electrons. The first-order valence-corrected chi connectivity index (χ1v) is 9.73. The highest BCUT2D eigenvalue weighted by Crippen LogP contribution is 2.31. The van der Waals surface area contributed by atoms with E-state index in [0.29, 0.717) is 23.4 Å². The van der Waals surface area contributed by atoms with Gasteiger partial charge in [-0.25, -0.2) is 8.78 Å². The van der Waals surface area contributed by atoms with Gasteiger partial charge in [-0.3, -0.25) is 19.6 Å². The van der Waals surface area contributed by atoms with Crippen molar-refractivity contribution < 1.29 is 18.4 Å². The van der Waals surface area contributed by atoms with Gasteiger partial charge in [0.15, 0.2) is 0 Å². The largest absolute Gasteiger partial charge is 0.346 e. The second-order valence-corrected chi connectivity index (χ2v) is 7.03. The molecule has 0 bridgehead atoms. The summed E-state index contributed by atoms with van der Waals surface area (Å²) in [5.41, 5.74) is 2.47. The van der Waals surface area contributed by atoms with E-state index >= 15 is 0 Å². The van der Waals surface area contributed by atoms with E-state index in [1.807, 2.05) is 12.1 Å². The molecule has 0 saturated heterocycles. The predicted octanol–water partition coefficient (Wildman–Crippen LogP) is 4.35. The molecule has 0 radical (unpaired) electrons. The summed E-state index contributed by atoms with van der Waals surface area (Å²) in [7, 11) is 0. The third-order valence-corrected chi connectivity index (χ3v) is 4.72. The Morgan fingerprint density at radius 3 is 2.52 bits per heavy atom. The molecule has 0 aliphatic heterocycles. The molecule has 0 aliphatic rings. The van der Waals surface area contributed by atoms with Crippen molar-refractivity contribution in [2.24, 2.45) is 0 Å². The highest BCUT2D eigenvalue weighted by atomic mass is 35.5. The molecule has 3 aromatic rings. The number of hydrogen-bond donors (Lipinski definition) is 1. The normalized spacial score (nSPS) is 10.7. The SMILES string of the molecule is CC(=O)N(CC(F)F)c1ccc(-c2ccc(C(=O)NCc3ccccn3)cn2)cc1Cl. The van der Waals surface area contributed by atoms with Gasteiger partial charge in [-0.05, 0) is 36.4 Å². The average Bonchev–Trinajstić information content (AvgIpc) is 2.76. The van der Waals surface area contributed by atoms with Crippen LogP contribution in [0.5, 0.6) is 0 Å². The summed E-state index contributed by atoms with van der Waals surface area (Å²) in [6.45, 7) is 0.754. The highest BCUT2D eigenvalue weighted by molar-refractivity contribution is 6.34. The standard InChI is InChI=1S/C22H19ClF2N4O2/c1-14(30)29(13-21(24)25)20-8-6-15(10-18(20)23)19-7-5-16(11-27-19)22(31)28-12-17-4-2-3-9-26-17/h2-11,21H,12-13H2,1H3,(H,28,31). The quantitative estimate of drug-likeness (QED) is 0.588. The molecule has 0 unspecified atom stereocenters. The van der Waals surface area contributed by atoms with Crippen molar-refractivity contribution >= 4 is 29.1 Å². The monoisotopic (exact) mass is 444 g/mol. The summed E-state index contributed by atoms with van der Waals surface area (Å²) in [6, 6.07) is 13.4. The minimum atomic E-state index is -2.68. The van der Waals surface area contributed by atoms with E-state index in [-0.39, 0.29) is 16.6 Å². The Hall–Kier alpha value is -3.39. The number of carbonyl (C=O) groups is 2. The number of nitrogens with one attached hydrogen (secondary N) is 1. The molecule has 1 N–H and O–H groups in total. The van der Waals surface area contributed by atoms with Crippen LogP contribution in [0.2, 0.25) is 5.02 Å². The molecule has 0 spiro atoms. The zero-order valence-electron chi connectivity index (χ0n) is 16.6. The van der Waals surface area contributed by atoms with Crippen molar-refractivity contribution in [1.29, 1.82) is 0 Å². The van der Waals surface area contributed by atoms with Gasteiger partial charge < -0.3 is 10.2 Å². The molecule has 9 heteroatoms. The van der Waals surface area contributed by atoms with Gasteiger partial charge in [0.1, 0.15) is 0 Å². The number of hydrogen-bond acceptors (Lipinski definition) is 4. The molecule has 0 atom stereocenters. The lowest BCUT2D eigenvalue weighted by molar-refractivity contribution is -0.117. The van der Waals surface area contributed by atoms with E-state index in [2.05, 4.69) is 15.3 Å². The van der Waals surface area contributed by atoms with Crippen molar-refractivity contribution in [3.8, 4) is 11.3 Å². The van der Waals surface area contributed by atoms with Gasteiger partial charge >= 0.3 is 0 Å². The van der Waals surface area contributed by atoms with Crippen molar-refractivity contribution in [3.63, 3.8) is 0 Å². The van der Waals surface area contributed by atoms with Crippen LogP contribution in [0.1, 0.15) is 23.0 Å². The lowest BCUT2D eigenvalue weighted by Crippen LogP contribution is -2.33. The molecule has 6 nitrogen and oxygen atoms in total. The summed E-state index contributed by atoms with van der Waals surface area (Å²) in [5, 5.41) is 2.91. The lowest BCUT2D eigenvalue weighted by atomic mass is 10.1. The van der Waals surface area contributed by atoms with E-state index in [1.54, 1.807) is 36.5 Å². The van der Waals surface area contributed by atoms with Crippen LogP contribution < -0.4 is 10.2 Å². The lowest BCUT2D eigenvalue weighted by Gasteiger charge is -2.22. The highest BCUT2D eigenvalue weighted by Gasteiger charge is 2.19. The number of aromatic nitrogens is 2. The summed E-state index contributed by atoms with van der Waals surface area (Å²) in [4.78, 5) is 33.4. The van der Waals surface area contributed by atoms with Crippen molar-refractivity contribution in [1.82, 2.24) is 15.3 Å². The number of amides is 2. The Bertz CT molecular complexity index is 1060. The molecule has 31 heavy (non-hydrogen) atoms. The number of alkyl halides is 2. The fraction of sp³-hybridized carbons (Fsp3) is 0.182. The summed E-state index contributed by atoms with van der Waals surface area (Å²) in [5.74, 6) is -0.823. The number of pyridine rings is 2. The van der Waals surface area contributed by atoms with Crippen molar-refractivity contribution in [2.45, 2.75) is 19.9 Å². The fourth-order valence-electron chi connectivity index (χ4n) is 2.89. The molecule has 2 amide bonds. The van der Waals surface area contributed by atoms with Crippen molar-refractivity contribution in [2.75, 3.05) is 11.4 Å². The van der Waals surface area contributed by atoms with Crippen LogP contribution in [0.25, 0.3) is 11.3 Å². The number of benzene rings is 1. The first-order valence-electron chi connectivity index (χ1n) is 9.35. The van der Waals surface area contributed by atoms with Crippen molar-refractivity contribution in [3.05, 3.63) is 77.2 Å². The Balaban J connectivity index is 1.72. The van der Waals surface area contributed by atoms with Gasteiger partial charge in [-0.2, -0.15) is 0 Å². The fourth-order valence-corrected chi connectivity index (χ4v) is 3.18. The Morgan fingerprint density at radius 1 is 1.13 bits per heavy atom. The summed E-state index contributed by atoms with van der Waals surface area (Å²) in [6.07, 6.45) is 0.402. The van der Waals surface area contributed by atoms with Crippen LogP contribution >= 0.6 is 11.6 Å². The van der Waals surface area contributed by atoms with Gasteiger partial charge in [0.25, 0.3) is 12.3 Å². The van der Waals surface area contributed by atoms with E-state index < -0.39 is 18.9 Å². The molecule has 2 aromatic heterocycles. The maximum Gasteiger partial charge on any atom is 0.256 e. The first-order chi connectivity index (χ1) is 14.8. The van der Waals surface area contributed by atoms with Crippen LogP contribution in [0, 0.1) is 0 Å². The second-order valence-electron chi connectivity index (χ2n) is 6.62. The van der Waals surface area contributed by atoms with E-state index in [0.717, 1.165) is 10.6 Å². The van der Waals surface area contributed by atoms with Gasteiger partial charge in [0.2, 0.25) is 5.91 Å². The van der Waals surface area contributed by atoms with E-state index in [4.69, 9.17) is 11.6 Å². The molecule has 3 rings (SSSR count). The molecule has 0 aliphatic carbocycles. The van der Waals surface area contributed by atoms with Crippen LogP contribution in [-0.4, -0.2) is 34.8 Å². The number of halogens is 3. The summed E-state index contributed by atoms with van der Waals surface area (Å²) >= 11 is 6.25. The minimum Gasteiger partial charge on any atom is -0.346 e. The number of anilines is 1. The Kier molecular flexibility index (Phi) is 7.25. The zero-order chi connectivity index (χ0) is 22.4. The smallest absolute Gasteiger partial charge is 0.256 e. The molecular weight excluding hydrogens is 426 g/mol.